The normalized spacial score (nSPS) is 10.6. The number of aryl methyl sites for hydroxylation is 3. The number of rotatable bonds is 7. The van der Waals surface area contributed by atoms with Crippen LogP contribution in [0.1, 0.15) is 23.4 Å². The van der Waals surface area contributed by atoms with E-state index in [1.165, 1.54) is 4.90 Å². The molecule has 0 bridgehead atoms. The number of amides is 2. The molecule has 0 saturated carbocycles. The van der Waals surface area contributed by atoms with Gasteiger partial charge in [-0.1, -0.05) is 53.7 Å². The lowest BCUT2D eigenvalue weighted by Crippen LogP contribution is -2.35. The minimum atomic E-state index is -0.234. The fourth-order valence-electron chi connectivity index (χ4n) is 2.96. The first kappa shape index (κ1) is 20.3. The van der Waals surface area contributed by atoms with E-state index in [9.17, 15) is 9.59 Å². The second kappa shape index (κ2) is 9.14. The summed E-state index contributed by atoms with van der Waals surface area (Å²) in [6.45, 7) is 3.85. The molecule has 0 aliphatic heterocycles. The van der Waals surface area contributed by atoms with Crippen LogP contribution in [0.5, 0.6) is 0 Å². The SMILES string of the molecule is Cc1cccc(C)c1NC(=O)CN(C)C(=O)CCc1nc(-c2ccccc2)no1. The number of hydrogen-bond acceptors (Lipinski definition) is 5. The lowest BCUT2D eigenvalue weighted by atomic mass is 10.1. The van der Waals surface area contributed by atoms with E-state index in [1.807, 2.05) is 62.4 Å². The number of carbonyl (C=O) groups excluding carboxylic acids is 2. The van der Waals surface area contributed by atoms with E-state index in [-0.39, 0.29) is 24.8 Å². The van der Waals surface area contributed by atoms with Crippen molar-refractivity contribution in [3.63, 3.8) is 0 Å². The summed E-state index contributed by atoms with van der Waals surface area (Å²) in [6.07, 6.45) is 0.505. The molecule has 1 aromatic heterocycles. The zero-order valence-corrected chi connectivity index (χ0v) is 16.8. The summed E-state index contributed by atoms with van der Waals surface area (Å²) < 4.78 is 5.22. The summed E-state index contributed by atoms with van der Waals surface area (Å²) in [6, 6.07) is 15.3. The lowest BCUT2D eigenvalue weighted by Gasteiger charge is -2.18. The molecule has 0 atom stereocenters. The molecule has 0 spiro atoms. The number of nitrogens with zero attached hydrogens (tertiary/aromatic N) is 3. The Morgan fingerprint density at radius 1 is 1.03 bits per heavy atom. The van der Waals surface area contributed by atoms with Crippen molar-refractivity contribution in [2.75, 3.05) is 18.9 Å². The molecule has 0 aliphatic rings. The number of hydrogen-bond donors (Lipinski definition) is 1. The first-order chi connectivity index (χ1) is 13.9. The van der Waals surface area contributed by atoms with Crippen molar-refractivity contribution in [2.45, 2.75) is 26.7 Å². The van der Waals surface area contributed by atoms with Gasteiger partial charge in [0.2, 0.25) is 23.5 Å². The van der Waals surface area contributed by atoms with Crippen LogP contribution in [0.3, 0.4) is 0 Å². The van der Waals surface area contributed by atoms with Crippen molar-refractivity contribution in [2.24, 2.45) is 0 Å². The molecule has 7 nitrogen and oxygen atoms in total. The molecular formula is C22H24N4O3. The number of aromatic nitrogens is 2. The summed E-state index contributed by atoms with van der Waals surface area (Å²) in [5.74, 6) is 0.489. The third kappa shape index (κ3) is 5.28. The topological polar surface area (TPSA) is 88.3 Å². The average molecular weight is 392 g/mol. The number of anilines is 1. The second-order valence-electron chi connectivity index (χ2n) is 6.94. The van der Waals surface area contributed by atoms with Gasteiger partial charge in [-0.2, -0.15) is 4.98 Å². The van der Waals surface area contributed by atoms with E-state index >= 15 is 0 Å². The highest BCUT2D eigenvalue weighted by atomic mass is 16.5. The van der Waals surface area contributed by atoms with E-state index < -0.39 is 0 Å². The fourth-order valence-corrected chi connectivity index (χ4v) is 2.96. The molecule has 1 N–H and O–H groups in total. The first-order valence-electron chi connectivity index (χ1n) is 9.42. The van der Waals surface area contributed by atoms with Gasteiger partial charge in [0.05, 0.1) is 6.54 Å². The van der Waals surface area contributed by atoms with Gasteiger partial charge in [-0.3, -0.25) is 9.59 Å². The van der Waals surface area contributed by atoms with Gasteiger partial charge in [-0.05, 0) is 25.0 Å². The Hall–Kier alpha value is -3.48. The van der Waals surface area contributed by atoms with Crippen molar-refractivity contribution < 1.29 is 14.1 Å². The van der Waals surface area contributed by atoms with Gasteiger partial charge in [0.15, 0.2) is 0 Å². The Morgan fingerprint density at radius 3 is 2.41 bits per heavy atom. The van der Waals surface area contributed by atoms with Crippen molar-refractivity contribution in [1.82, 2.24) is 15.0 Å². The smallest absolute Gasteiger partial charge is 0.243 e. The molecule has 3 rings (SSSR count). The van der Waals surface area contributed by atoms with Gasteiger partial charge < -0.3 is 14.7 Å². The molecule has 1 heterocycles. The van der Waals surface area contributed by atoms with Crippen LogP contribution in [0.4, 0.5) is 5.69 Å². The number of para-hydroxylation sites is 1. The molecule has 2 amide bonds. The van der Waals surface area contributed by atoms with Crippen LogP contribution in [0.15, 0.2) is 53.1 Å². The van der Waals surface area contributed by atoms with E-state index in [0.29, 0.717) is 18.1 Å². The molecule has 3 aromatic rings. The fraction of sp³-hybridized carbons (Fsp3) is 0.273. The van der Waals surface area contributed by atoms with E-state index in [2.05, 4.69) is 15.5 Å². The van der Waals surface area contributed by atoms with Gasteiger partial charge in [-0.15, -0.1) is 0 Å². The van der Waals surface area contributed by atoms with Crippen molar-refractivity contribution in [3.8, 4) is 11.4 Å². The summed E-state index contributed by atoms with van der Waals surface area (Å²) in [5.41, 5.74) is 3.61. The summed E-state index contributed by atoms with van der Waals surface area (Å²) in [7, 11) is 1.61. The maximum absolute atomic E-state index is 12.4. The number of benzene rings is 2. The Kier molecular flexibility index (Phi) is 6.39. The average Bonchev–Trinajstić information content (AvgIpc) is 3.19. The summed E-state index contributed by atoms with van der Waals surface area (Å²) in [5, 5.41) is 6.83. The highest BCUT2D eigenvalue weighted by Crippen LogP contribution is 2.19. The Morgan fingerprint density at radius 2 is 1.72 bits per heavy atom. The summed E-state index contributed by atoms with van der Waals surface area (Å²) in [4.78, 5) is 30.4. The van der Waals surface area contributed by atoms with Crippen LogP contribution in [-0.4, -0.2) is 40.4 Å². The molecule has 0 unspecified atom stereocenters. The monoisotopic (exact) mass is 392 g/mol. The zero-order valence-electron chi connectivity index (χ0n) is 16.8. The number of carbonyl (C=O) groups is 2. The largest absolute Gasteiger partial charge is 0.339 e. The van der Waals surface area contributed by atoms with E-state index in [1.54, 1.807) is 7.05 Å². The van der Waals surface area contributed by atoms with Crippen LogP contribution in [0, 0.1) is 13.8 Å². The van der Waals surface area contributed by atoms with Crippen molar-refractivity contribution in [1.29, 1.82) is 0 Å². The maximum atomic E-state index is 12.4. The Balaban J connectivity index is 1.50. The molecular weight excluding hydrogens is 368 g/mol. The van der Waals surface area contributed by atoms with Crippen LogP contribution in [-0.2, 0) is 16.0 Å². The molecule has 29 heavy (non-hydrogen) atoms. The third-order valence-electron chi connectivity index (χ3n) is 4.60. The number of likely N-dealkylation sites (N-methyl/N-ethyl adjacent to an activating group) is 1. The first-order valence-corrected chi connectivity index (χ1v) is 9.42. The van der Waals surface area contributed by atoms with Crippen LogP contribution >= 0.6 is 0 Å². The maximum Gasteiger partial charge on any atom is 0.243 e. The molecule has 2 aromatic carbocycles. The highest BCUT2D eigenvalue weighted by Gasteiger charge is 2.16. The molecule has 150 valence electrons. The van der Waals surface area contributed by atoms with E-state index in [0.717, 1.165) is 22.4 Å². The van der Waals surface area contributed by atoms with Gasteiger partial charge in [0.25, 0.3) is 0 Å². The predicted octanol–water partition coefficient (Wildman–Crippen LogP) is 3.38. The number of nitrogens with one attached hydrogen (secondary N) is 1. The minimum Gasteiger partial charge on any atom is -0.339 e. The minimum absolute atomic E-state index is 0.0221. The van der Waals surface area contributed by atoms with Gasteiger partial charge in [-0.25, -0.2) is 0 Å². The molecule has 0 aliphatic carbocycles. The molecule has 7 heteroatoms. The van der Waals surface area contributed by atoms with Crippen LogP contribution in [0.25, 0.3) is 11.4 Å². The van der Waals surface area contributed by atoms with Crippen molar-refractivity contribution in [3.05, 3.63) is 65.5 Å². The molecule has 0 fully saturated rings. The Bertz CT molecular complexity index is 978. The highest BCUT2D eigenvalue weighted by molar-refractivity contribution is 5.95. The molecule has 0 saturated heterocycles. The Labute approximate surface area is 169 Å². The van der Waals surface area contributed by atoms with Crippen LogP contribution in [0.2, 0.25) is 0 Å². The van der Waals surface area contributed by atoms with Crippen molar-refractivity contribution >= 4 is 17.5 Å². The third-order valence-corrected chi connectivity index (χ3v) is 4.60. The summed E-state index contributed by atoms with van der Waals surface area (Å²) >= 11 is 0. The van der Waals surface area contributed by atoms with E-state index in [4.69, 9.17) is 4.52 Å². The molecule has 0 radical (unpaired) electrons. The zero-order chi connectivity index (χ0) is 20.8. The quantitative estimate of drug-likeness (QED) is 0.666. The predicted molar refractivity (Wildman–Crippen MR) is 110 cm³/mol. The standard InChI is InChI=1S/C22H24N4O3/c1-15-8-7-9-16(2)21(15)23-18(27)14-26(3)20(28)13-12-19-24-22(25-29-19)17-10-5-4-6-11-17/h4-11H,12-14H2,1-3H3,(H,23,27). The van der Waals surface area contributed by atoms with Gasteiger partial charge >= 0.3 is 0 Å². The van der Waals surface area contributed by atoms with Gasteiger partial charge in [0.1, 0.15) is 0 Å². The lowest BCUT2D eigenvalue weighted by molar-refractivity contribution is -0.133. The van der Waals surface area contributed by atoms with Gasteiger partial charge in [0, 0.05) is 31.1 Å². The second-order valence-corrected chi connectivity index (χ2v) is 6.94. The van der Waals surface area contributed by atoms with Crippen LogP contribution < -0.4 is 5.32 Å².